The summed E-state index contributed by atoms with van der Waals surface area (Å²) in [4.78, 5) is 3.07. The van der Waals surface area contributed by atoms with Crippen molar-refractivity contribution in [1.82, 2.24) is 9.29 Å². The first-order valence-electron chi connectivity index (χ1n) is 6.16. The number of aromatic amines is 1. The van der Waals surface area contributed by atoms with Gasteiger partial charge in [0.25, 0.3) is 0 Å². The molecular formula is C13H19N3O3S. The van der Waals surface area contributed by atoms with Crippen molar-refractivity contribution in [1.29, 1.82) is 0 Å². The number of hydrogen-bond donors (Lipinski definition) is 3. The first-order chi connectivity index (χ1) is 9.11. The van der Waals surface area contributed by atoms with E-state index in [1.807, 2.05) is 0 Å². The third-order valence-corrected chi connectivity index (χ3v) is 4.81. The van der Waals surface area contributed by atoms with Gasteiger partial charge in [-0.3, -0.25) is 0 Å². The van der Waals surface area contributed by atoms with Crippen LogP contribution in [0.1, 0.15) is 13.8 Å². The number of rotatable bonds is 4. The highest BCUT2D eigenvalue weighted by Crippen LogP contribution is 2.27. The molecule has 0 bridgehead atoms. The Balaban J connectivity index is 2.49. The molecule has 0 radical (unpaired) electrons. The number of anilines is 1. The molecule has 0 aliphatic rings. The van der Waals surface area contributed by atoms with Crippen molar-refractivity contribution in [3.05, 3.63) is 24.4 Å². The van der Waals surface area contributed by atoms with Crippen LogP contribution in [0.4, 0.5) is 5.69 Å². The smallest absolute Gasteiger partial charge is 0.245 e. The number of benzene rings is 1. The number of sulfonamides is 1. The van der Waals surface area contributed by atoms with Gasteiger partial charge in [0.15, 0.2) is 0 Å². The zero-order valence-electron chi connectivity index (χ0n) is 11.7. The number of nitrogens with two attached hydrogens (primary N) is 1. The van der Waals surface area contributed by atoms with Crippen molar-refractivity contribution < 1.29 is 13.5 Å². The molecule has 1 aromatic heterocycles. The fourth-order valence-electron chi connectivity index (χ4n) is 2.12. The normalized spacial score (nSPS) is 13.2. The lowest BCUT2D eigenvalue weighted by Crippen LogP contribution is -2.39. The Kier molecular flexibility index (Phi) is 3.53. The topological polar surface area (TPSA) is 99.4 Å². The molecule has 0 aliphatic heterocycles. The maximum atomic E-state index is 12.6. The summed E-state index contributed by atoms with van der Waals surface area (Å²) in [5, 5.41) is 10.3. The van der Waals surface area contributed by atoms with E-state index in [-0.39, 0.29) is 11.4 Å². The Bertz CT molecular complexity index is 729. The summed E-state index contributed by atoms with van der Waals surface area (Å²) in [5.41, 5.74) is 5.81. The summed E-state index contributed by atoms with van der Waals surface area (Å²) < 4.78 is 26.2. The second kappa shape index (κ2) is 4.76. The molecule has 110 valence electrons. The molecule has 2 rings (SSSR count). The van der Waals surface area contributed by atoms with E-state index in [0.29, 0.717) is 16.6 Å². The monoisotopic (exact) mass is 297 g/mol. The zero-order valence-corrected chi connectivity index (χ0v) is 12.5. The molecule has 20 heavy (non-hydrogen) atoms. The number of fused-ring (bicyclic) bond motifs is 1. The van der Waals surface area contributed by atoms with Crippen LogP contribution in [0, 0.1) is 0 Å². The quantitative estimate of drug-likeness (QED) is 0.737. The molecule has 1 aromatic carbocycles. The molecule has 0 atom stereocenters. The van der Waals surface area contributed by atoms with Gasteiger partial charge >= 0.3 is 0 Å². The lowest BCUT2D eigenvalue weighted by Gasteiger charge is -2.24. The molecule has 1 heterocycles. The minimum absolute atomic E-state index is 0.00429. The van der Waals surface area contributed by atoms with Crippen LogP contribution in [0.15, 0.2) is 29.3 Å². The molecule has 0 saturated heterocycles. The van der Waals surface area contributed by atoms with Crippen molar-refractivity contribution >= 4 is 26.6 Å². The van der Waals surface area contributed by atoms with E-state index >= 15 is 0 Å². The van der Waals surface area contributed by atoms with Gasteiger partial charge < -0.3 is 15.8 Å². The third kappa shape index (κ3) is 2.79. The molecule has 2 aromatic rings. The molecular weight excluding hydrogens is 278 g/mol. The number of H-pyrrole nitrogens is 1. The summed E-state index contributed by atoms with van der Waals surface area (Å²) in [5.74, 6) is 0. The minimum atomic E-state index is -3.69. The SMILES string of the molecule is CN(CC(C)(C)O)S(=O)(=O)c1c[nH]c2ccc(N)cc12. The van der Waals surface area contributed by atoms with E-state index in [0.717, 1.165) is 4.31 Å². The van der Waals surface area contributed by atoms with Crippen molar-refractivity contribution in [2.45, 2.75) is 24.3 Å². The predicted octanol–water partition coefficient (Wildman–Crippen LogP) is 1.14. The Morgan fingerprint density at radius 3 is 2.65 bits per heavy atom. The summed E-state index contributed by atoms with van der Waals surface area (Å²) in [6, 6.07) is 5.06. The van der Waals surface area contributed by atoms with Gasteiger partial charge in [0.05, 0.1) is 5.60 Å². The number of nitrogen functional groups attached to an aromatic ring is 1. The van der Waals surface area contributed by atoms with Crippen molar-refractivity contribution in [2.24, 2.45) is 0 Å². The van der Waals surface area contributed by atoms with E-state index in [2.05, 4.69) is 4.98 Å². The standard InChI is InChI=1S/C13H19N3O3S/c1-13(2,17)8-16(3)20(18,19)12-7-15-11-5-4-9(14)6-10(11)12/h4-7,15,17H,8,14H2,1-3H3. The summed E-state index contributed by atoms with van der Waals surface area (Å²) in [6.07, 6.45) is 1.44. The van der Waals surface area contributed by atoms with Crippen LogP contribution in [-0.4, -0.2) is 42.0 Å². The van der Waals surface area contributed by atoms with Crippen LogP contribution >= 0.6 is 0 Å². The van der Waals surface area contributed by atoms with Gasteiger partial charge in [-0.2, -0.15) is 4.31 Å². The van der Waals surface area contributed by atoms with Crippen LogP contribution in [0.25, 0.3) is 10.9 Å². The van der Waals surface area contributed by atoms with E-state index < -0.39 is 15.6 Å². The number of nitrogens with one attached hydrogen (secondary N) is 1. The molecule has 0 aliphatic carbocycles. The molecule has 7 heteroatoms. The lowest BCUT2D eigenvalue weighted by molar-refractivity contribution is 0.0640. The van der Waals surface area contributed by atoms with Gasteiger partial charge in [0.1, 0.15) is 4.90 Å². The first kappa shape index (κ1) is 14.8. The van der Waals surface area contributed by atoms with Gasteiger partial charge in [0.2, 0.25) is 10.0 Å². The van der Waals surface area contributed by atoms with Crippen LogP contribution in [0.3, 0.4) is 0 Å². The highest BCUT2D eigenvalue weighted by molar-refractivity contribution is 7.89. The maximum Gasteiger partial charge on any atom is 0.245 e. The Morgan fingerprint density at radius 2 is 2.05 bits per heavy atom. The molecule has 6 nitrogen and oxygen atoms in total. The number of hydrogen-bond acceptors (Lipinski definition) is 4. The number of likely N-dealkylation sites (N-methyl/N-ethyl adjacent to an activating group) is 1. The van der Waals surface area contributed by atoms with Crippen LogP contribution in [-0.2, 0) is 10.0 Å². The number of aromatic nitrogens is 1. The lowest BCUT2D eigenvalue weighted by atomic mass is 10.1. The van der Waals surface area contributed by atoms with Gasteiger partial charge in [-0.05, 0) is 32.0 Å². The van der Waals surface area contributed by atoms with Crippen LogP contribution < -0.4 is 5.73 Å². The highest BCUT2D eigenvalue weighted by Gasteiger charge is 2.28. The van der Waals surface area contributed by atoms with Crippen molar-refractivity contribution in [2.75, 3.05) is 19.3 Å². The van der Waals surface area contributed by atoms with E-state index in [1.54, 1.807) is 32.0 Å². The molecule has 0 saturated carbocycles. The van der Waals surface area contributed by atoms with Crippen LogP contribution in [0.2, 0.25) is 0 Å². The average Bonchev–Trinajstić information content (AvgIpc) is 2.69. The van der Waals surface area contributed by atoms with E-state index in [1.165, 1.54) is 13.2 Å². The van der Waals surface area contributed by atoms with E-state index in [4.69, 9.17) is 5.73 Å². The average molecular weight is 297 g/mol. The maximum absolute atomic E-state index is 12.6. The van der Waals surface area contributed by atoms with Gasteiger partial charge in [-0.1, -0.05) is 0 Å². The molecule has 0 amide bonds. The second-order valence-corrected chi connectivity index (χ2v) is 7.54. The summed E-state index contributed by atoms with van der Waals surface area (Å²) >= 11 is 0. The van der Waals surface area contributed by atoms with Crippen molar-refractivity contribution in [3.8, 4) is 0 Å². The summed E-state index contributed by atoms with van der Waals surface area (Å²) in [6.45, 7) is 3.13. The van der Waals surface area contributed by atoms with Gasteiger partial charge in [-0.25, -0.2) is 8.42 Å². The first-order valence-corrected chi connectivity index (χ1v) is 7.60. The Labute approximate surface area is 118 Å². The molecule has 4 N–H and O–H groups in total. The summed E-state index contributed by atoms with van der Waals surface area (Å²) in [7, 11) is -2.24. The molecule has 0 spiro atoms. The zero-order chi connectivity index (χ0) is 15.1. The van der Waals surface area contributed by atoms with Crippen molar-refractivity contribution in [3.63, 3.8) is 0 Å². The predicted molar refractivity (Wildman–Crippen MR) is 78.8 cm³/mol. The fourth-order valence-corrected chi connectivity index (χ4v) is 3.60. The second-order valence-electron chi connectivity index (χ2n) is 5.53. The third-order valence-electron chi connectivity index (χ3n) is 2.97. The Morgan fingerprint density at radius 1 is 1.40 bits per heavy atom. The minimum Gasteiger partial charge on any atom is -0.399 e. The highest BCUT2D eigenvalue weighted by atomic mass is 32.2. The number of aliphatic hydroxyl groups is 1. The molecule has 0 fully saturated rings. The Hall–Kier alpha value is -1.57. The largest absolute Gasteiger partial charge is 0.399 e. The van der Waals surface area contributed by atoms with E-state index in [9.17, 15) is 13.5 Å². The van der Waals surface area contributed by atoms with Gasteiger partial charge in [-0.15, -0.1) is 0 Å². The number of nitrogens with zero attached hydrogens (tertiary/aromatic N) is 1. The molecule has 0 unspecified atom stereocenters. The van der Waals surface area contributed by atoms with Crippen LogP contribution in [0.5, 0.6) is 0 Å². The fraction of sp³-hybridized carbons (Fsp3) is 0.385. The van der Waals surface area contributed by atoms with Gasteiger partial charge in [0, 0.05) is 36.4 Å².